The van der Waals surface area contributed by atoms with E-state index in [4.69, 9.17) is 9.47 Å². The van der Waals surface area contributed by atoms with Gasteiger partial charge in [-0.2, -0.15) is 4.72 Å². The zero-order chi connectivity index (χ0) is 21.8. The molecular weight excluding hydrogens is 418 g/mol. The molecule has 2 N–H and O–H groups in total. The van der Waals surface area contributed by atoms with Gasteiger partial charge in [0.05, 0.1) is 18.1 Å². The lowest BCUT2D eigenvalue weighted by atomic mass is 10.0. The van der Waals surface area contributed by atoms with E-state index in [9.17, 15) is 18.3 Å². The fraction of sp³-hybridized carbons (Fsp3) is 0.174. The Bertz CT molecular complexity index is 1190. The monoisotopic (exact) mass is 439 g/mol. The molecule has 1 aliphatic rings. The topological polar surface area (TPSA) is 102 Å². The highest BCUT2D eigenvalue weighted by Gasteiger charge is 2.27. The second kappa shape index (κ2) is 8.89. The van der Waals surface area contributed by atoms with Crippen molar-refractivity contribution >= 4 is 16.0 Å². The molecule has 1 atom stereocenters. The van der Waals surface area contributed by atoms with Crippen LogP contribution in [0.4, 0.5) is 0 Å². The van der Waals surface area contributed by atoms with Crippen LogP contribution in [0.1, 0.15) is 16.7 Å². The number of carbonyl (C=O) groups is 1. The predicted molar refractivity (Wildman–Crippen MR) is 114 cm³/mol. The molecule has 160 valence electrons. The molecule has 4 rings (SSSR count). The van der Waals surface area contributed by atoms with E-state index in [1.165, 1.54) is 12.1 Å². The van der Waals surface area contributed by atoms with Crippen LogP contribution >= 0.6 is 0 Å². The number of para-hydroxylation sites is 1. The first kappa shape index (κ1) is 21.0. The Labute approximate surface area is 180 Å². The largest absolute Gasteiger partial charge is 0.480 e. The van der Waals surface area contributed by atoms with Crippen molar-refractivity contribution in [2.24, 2.45) is 0 Å². The number of benzene rings is 3. The summed E-state index contributed by atoms with van der Waals surface area (Å²) in [6.07, 6.45) is 0.525. The summed E-state index contributed by atoms with van der Waals surface area (Å²) in [5, 5.41) is 9.46. The lowest BCUT2D eigenvalue weighted by Crippen LogP contribution is -2.43. The number of nitrogens with one attached hydrogen (secondary N) is 1. The quantitative estimate of drug-likeness (QED) is 0.437. The summed E-state index contributed by atoms with van der Waals surface area (Å²) in [6.45, 7) is -0.118. The molecule has 1 unspecified atom stereocenters. The third kappa shape index (κ3) is 4.93. The normalized spacial score (nSPS) is 13.5. The van der Waals surface area contributed by atoms with Gasteiger partial charge in [0.15, 0.2) is 0 Å². The van der Waals surface area contributed by atoms with Crippen LogP contribution in [0, 0.1) is 0 Å². The summed E-state index contributed by atoms with van der Waals surface area (Å²) in [4.78, 5) is 11.6. The fourth-order valence-electron chi connectivity index (χ4n) is 3.31. The highest BCUT2D eigenvalue weighted by atomic mass is 32.2. The van der Waals surface area contributed by atoms with E-state index in [1.54, 1.807) is 6.07 Å². The van der Waals surface area contributed by atoms with Gasteiger partial charge in [-0.1, -0.05) is 48.5 Å². The molecule has 0 aromatic heterocycles. The second-order valence-corrected chi connectivity index (χ2v) is 8.88. The zero-order valence-electron chi connectivity index (χ0n) is 16.5. The molecule has 0 fully saturated rings. The van der Waals surface area contributed by atoms with Crippen LogP contribution in [0.3, 0.4) is 0 Å². The third-order valence-corrected chi connectivity index (χ3v) is 6.38. The van der Waals surface area contributed by atoms with E-state index < -0.39 is 22.0 Å². The van der Waals surface area contributed by atoms with Crippen molar-refractivity contribution in [1.82, 2.24) is 4.72 Å². The summed E-state index contributed by atoms with van der Waals surface area (Å²) >= 11 is 0. The fourth-order valence-corrected chi connectivity index (χ4v) is 4.54. The summed E-state index contributed by atoms with van der Waals surface area (Å²) < 4.78 is 39.2. The van der Waals surface area contributed by atoms with Gasteiger partial charge in [0.1, 0.15) is 17.5 Å². The van der Waals surface area contributed by atoms with Crippen molar-refractivity contribution in [2.75, 3.05) is 6.61 Å². The molecule has 0 amide bonds. The first-order chi connectivity index (χ1) is 14.9. The minimum atomic E-state index is -4.08. The van der Waals surface area contributed by atoms with Gasteiger partial charge in [0, 0.05) is 12.0 Å². The maximum Gasteiger partial charge on any atom is 0.324 e. The molecule has 8 heteroatoms. The van der Waals surface area contributed by atoms with Crippen molar-refractivity contribution in [3.8, 4) is 11.5 Å². The maximum absolute atomic E-state index is 12.8. The van der Waals surface area contributed by atoms with E-state index in [0.717, 1.165) is 16.9 Å². The Morgan fingerprint density at radius 1 is 1.00 bits per heavy atom. The third-order valence-electron chi connectivity index (χ3n) is 4.91. The average molecular weight is 439 g/mol. The highest BCUT2D eigenvalue weighted by Crippen LogP contribution is 2.37. The molecule has 3 aromatic rings. The molecule has 0 bridgehead atoms. The highest BCUT2D eigenvalue weighted by molar-refractivity contribution is 7.89. The van der Waals surface area contributed by atoms with Gasteiger partial charge in [-0.15, -0.1) is 0 Å². The molecule has 1 aliphatic heterocycles. The van der Waals surface area contributed by atoms with Crippen molar-refractivity contribution in [3.63, 3.8) is 0 Å². The Morgan fingerprint density at radius 3 is 2.48 bits per heavy atom. The van der Waals surface area contributed by atoms with E-state index in [-0.39, 0.29) is 18.1 Å². The molecule has 31 heavy (non-hydrogen) atoms. The maximum atomic E-state index is 12.8. The number of hydrogen-bond donors (Lipinski definition) is 2. The van der Waals surface area contributed by atoms with Crippen LogP contribution < -0.4 is 9.46 Å². The molecule has 0 spiro atoms. The van der Waals surface area contributed by atoms with E-state index in [2.05, 4.69) is 4.72 Å². The molecule has 0 saturated carbocycles. The van der Waals surface area contributed by atoms with Gasteiger partial charge in [-0.25, -0.2) is 8.42 Å². The predicted octanol–water partition coefficient (Wildman–Crippen LogP) is 3.33. The first-order valence-corrected chi connectivity index (χ1v) is 11.2. The lowest BCUT2D eigenvalue weighted by Gasteiger charge is -2.21. The summed E-state index contributed by atoms with van der Waals surface area (Å²) in [6, 6.07) is 19.8. The number of fused-ring (bicyclic) bond motifs is 2. The van der Waals surface area contributed by atoms with Gasteiger partial charge in [0.25, 0.3) is 0 Å². The Kier molecular flexibility index (Phi) is 6.03. The molecule has 3 aromatic carbocycles. The minimum Gasteiger partial charge on any atom is -0.480 e. The van der Waals surface area contributed by atoms with Gasteiger partial charge in [-0.3, -0.25) is 4.79 Å². The standard InChI is InChI=1S/C23H21NO6S/c25-23(26)20(15-29-14-16-6-2-1-3-7-16)24-31(27,28)19-10-11-22-18(13-19)12-17-8-4-5-9-21(17)30-22/h1-11,13,20,24H,12,14-15H2,(H,25,26). The van der Waals surface area contributed by atoms with Crippen molar-refractivity contribution in [3.05, 3.63) is 89.5 Å². The number of aliphatic carboxylic acids is 1. The van der Waals surface area contributed by atoms with E-state index in [0.29, 0.717) is 17.7 Å². The van der Waals surface area contributed by atoms with Crippen molar-refractivity contribution in [1.29, 1.82) is 0 Å². The van der Waals surface area contributed by atoms with Gasteiger partial charge in [-0.05, 0) is 35.4 Å². The lowest BCUT2D eigenvalue weighted by molar-refractivity contribution is -0.140. The van der Waals surface area contributed by atoms with Gasteiger partial charge < -0.3 is 14.6 Å². The van der Waals surface area contributed by atoms with Crippen LogP contribution in [0.25, 0.3) is 0 Å². The summed E-state index contributed by atoms with van der Waals surface area (Å²) in [7, 11) is -4.08. The van der Waals surface area contributed by atoms with Crippen LogP contribution in [0.15, 0.2) is 77.7 Å². The number of carboxylic acids is 1. The Hall–Kier alpha value is -3.20. The Morgan fingerprint density at radius 2 is 1.71 bits per heavy atom. The number of ether oxygens (including phenoxy) is 2. The number of carboxylic acid groups (broad SMARTS) is 1. The van der Waals surface area contributed by atoms with Crippen molar-refractivity contribution in [2.45, 2.75) is 24.0 Å². The van der Waals surface area contributed by atoms with E-state index in [1.807, 2.05) is 54.6 Å². The smallest absolute Gasteiger partial charge is 0.324 e. The molecule has 0 aliphatic carbocycles. The van der Waals surface area contributed by atoms with Gasteiger partial charge >= 0.3 is 5.97 Å². The first-order valence-electron chi connectivity index (χ1n) is 9.68. The molecule has 0 saturated heterocycles. The zero-order valence-corrected chi connectivity index (χ0v) is 17.3. The van der Waals surface area contributed by atoms with Gasteiger partial charge in [0.2, 0.25) is 10.0 Å². The minimum absolute atomic E-state index is 0.0245. The summed E-state index contributed by atoms with van der Waals surface area (Å²) in [5.74, 6) is 0.00993. The molecule has 7 nitrogen and oxygen atoms in total. The number of hydrogen-bond acceptors (Lipinski definition) is 5. The van der Waals surface area contributed by atoms with Crippen LogP contribution in [-0.4, -0.2) is 32.1 Å². The number of rotatable bonds is 8. The number of sulfonamides is 1. The van der Waals surface area contributed by atoms with Crippen LogP contribution in [-0.2, 0) is 32.6 Å². The van der Waals surface area contributed by atoms with Crippen LogP contribution in [0.5, 0.6) is 11.5 Å². The van der Waals surface area contributed by atoms with Crippen molar-refractivity contribution < 1.29 is 27.8 Å². The second-order valence-electron chi connectivity index (χ2n) is 7.17. The van der Waals surface area contributed by atoms with Crippen LogP contribution in [0.2, 0.25) is 0 Å². The molecule has 1 heterocycles. The average Bonchev–Trinajstić information content (AvgIpc) is 2.77. The van der Waals surface area contributed by atoms with E-state index >= 15 is 0 Å². The molecular formula is C23H21NO6S. The SMILES string of the molecule is O=C(O)C(COCc1ccccc1)NS(=O)(=O)c1ccc2c(c1)Cc1ccccc1O2. The summed E-state index contributed by atoms with van der Waals surface area (Å²) in [5.41, 5.74) is 2.54. The molecule has 0 radical (unpaired) electrons. The Balaban J connectivity index is 1.46.